The van der Waals surface area contributed by atoms with Crippen molar-refractivity contribution in [1.29, 1.82) is 0 Å². The van der Waals surface area contributed by atoms with Crippen LogP contribution in [-0.4, -0.2) is 27.4 Å². The number of carbonyl (C=O) groups excluding carboxylic acids is 1. The molecule has 1 aromatic rings. The number of nitro benzene ring substituents is 1. The van der Waals surface area contributed by atoms with Crippen LogP contribution in [0.15, 0.2) is 23.1 Å². The van der Waals surface area contributed by atoms with Gasteiger partial charge in [-0.05, 0) is 32.4 Å². The molecule has 0 radical (unpaired) electrons. The Bertz CT molecular complexity index is 510. The van der Waals surface area contributed by atoms with Crippen LogP contribution in [0.2, 0.25) is 0 Å². The van der Waals surface area contributed by atoms with Gasteiger partial charge < -0.3 is 9.84 Å². The van der Waals surface area contributed by atoms with Crippen LogP contribution < -0.4 is 0 Å². The third kappa shape index (κ3) is 5.18. The molecule has 0 aromatic heterocycles. The molecule has 0 heterocycles. The van der Waals surface area contributed by atoms with Gasteiger partial charge in [0.2, 0.25) is 0 Å². The Morgan fingerprint density at radius 3 is 2.60 bits per heavy atom. The van der Waals surface area contributed by atoms with Gasteiger partial charge in [0.05, 0.1) is 17.3 Å². The fraction of sp³-hybridized carbons (Fsp3) is 0.462. The minimum absolute atomic E-state index is 0.0854. The summed E-state index contributed by atoms with van der Waals surface area (Å²) in [5.74, 6) is -0.285. The van der Waals surface area contributed by atoms with Gasteiger partial charge >= 0.3 is 5.97 Å². The van der Waals surface area contributed by atoms with Gasteiger partial charge in [-0.25, -0.2) is 0 Å². The first kappa shape index (κ1) is 16.5. The van der Waals surface area contributed by atoms with E-state index in [2.05, 4.69) is 0 Å². The molecule has 6 nitrogen and oxygen atoms in total. The van der Waals surface area contributed by atoms with Gasteiger partial charge in [-0.15, -0.1) is 11.8 Å². The van der Waals surface area contributed by atoms with E-state index in [1.165, 1.54) is 30.0 Å². The van der Waals surface area contributed by atoms with Gasteiger partial charge in [-0.1, -0.05) is 0 Å². The zero-order valence-electron chi connectivity index (χ0n) is 11.6. The lowest BCUT2D eigenvalue weighted by Gasteiger charge is -2.19. The molecular weight excluding hydrogens is 282 g/mol. The summed E-state index contributed by atoms with van der Waals surface area (Å²) in [7, 11) is 0. The molecule has 110 valence electrons. The molecule has 1 N–H and O–H groups in total. The Kier molecular flexibility index (Phi) is 5.52. The van der Waals surface area contributed by atoms with Crippen LogP contribution in [-0.2, 0) is 16.1 Å². The summed E-state index contributed by atoms with van der Waals surface area (Å²) >= 11 is 1.18. The first-order valence-electron chi connectivity index (χ1n) is 5.96. The number of hydrogen-bond acceptors (Lipinski definition) is 6. The predicted octanol–water partition coefficient (Wildman–Crippen LogP) is 2.52. The number of hydrogen-bond donors (Lipinski definition) is 1. The van der Waals surface area contributed by atoms with Gasteiger partial charge in [-0.2, -0.15) is 0 Å². The van der Waals surface area contributed by atoms with Crippen molar-refractivity contribution >= 4 is 23.4 Å². The molecule has 0 amide bonds. The van der Waals surface area contributed by atoms with Crippen molar-refractivity contribution in [3.63, 3.8) is 0 Å². The number of aliphatic hydroxyl groups excluding tert-OH is 1. The zero-order chi connectivity index (χ0) is 15.3. The fourth-order valence-corrected chi connectivity index (χ4v) is 2.26. The second-order valence-corrected chi connectivity index (χ2v) is 6.10. The van der Waals surface area contributed by atoms with Crippen LogP contribution in [0.5, 0.6) is 0 Å². The number of benzene rings is 1. The number of rotatable bonds is 5. The van der Waals surface area contributed by atoms with E-state index in [1.807, 2.05) is 0 Å². The van der Waals surface area contributed by atoms with E-state index in [9.17, 15) is 20.0 Å². The Morgan fingerprint density at radius 1 is 1.45 bits per heavy atom. The summed E-state index contributed by atoms with van der Waals surface area (Å²) in [5, 5.41) is 19.9. The van der Waals surface area contributed by atoms with Crippen molar-refractivity contribution in [3.8, 4) is 0 Å². The van der Waals surface area contributed by atoms with Crippen LogP contribution in [0, 0.1) is 10.1 Å². The molecule has 0 spiro atoms. The lowest BCUT2D eigenvalue weighted by Crippen LogP contribution is -2.24. The maximum atomic E-state index is 11.6. The smallest absolute Gasteiger partial charge is 0.316 e. The van der Waals surface area contributed by atoms with Crippen LogP contribution >= 0.6 is 11.8 Å². The van der Waals surface area contributed by atoms with Crippen molar-refractivity contribution in [2.24, 2.45) is 0 Å². The Labute approximate surface area is 121 Å². The number of ether oxygens (including phenoxy) is 1. The topological polar surface area (TPSA) is 89.7 Å². The third-order valence-electron chi connectivity index (χ3n) is 2.19. The molecule has 0 saturated carbocycles. The summed E-state index contributed by atoms with van der Waals surface area (Å²) in [5.41, 5.74) is -0.212. The van der Waals surface area contributed by atoms with Gasteiger partial charge in [0.15, 0.2) is 0 Å². The number of nitro groups is 1. The van der Waals surface area contributed by atoms with E-state index in [-0.39, 0.29) is 24.0 Å². The maximum absolute atomic E-state index is 11.6. The quantitative estimate of drug-likeness (QED) is 0.389. The zero-order valence-corrected chi connectivity index (χ0v) is 12.4. The summed E-state index contributed by atoms with van der Waals surface area (Å²) in [6.45, 7) is 5.01. The molecule has 7 heteroatoms. The largest absolute Gasteiger partial charge is 0.459 e. The van der Waals surface area contributed by atoms with E-state index < -0.39 is 10.5 Å². The molecule has 0 bridgehead atoms. The van der Waals surface area contributed by atoms with Crippen LogP contribution in [0.3, 0.4) is 0 Å². The average molecular weight is 299 g/mol. The Morgan fingerprint density at radius 2 is 2.10 bits per heavy atom. The molecule has 1 rings (SSSR count). The second kappa shape index (κ2) is 6.71. The number of carbonyl (C=O) groups is 1. The molecular formula is C13H17NO5S. The standard InChI is InChI=1S/C13H17NO5S/c1-13(2,3)19-12(16)8-20-11-5-4-10(14(17)18)6-9(11)7-15/h4-6,15H,7-8H2,1-3H3. The van der Waals surface area contributed by atoms with E-state index in [0.29, 0.717) is 10.5 Å². The summed E-state index contributed by atoms with van der Waals surface area (Å²) < 4.78 is 5.16. The van der Waals surface area contributed by atoms with Gasteiger partial charge in [-0.3, -0.25) is 14.9 Å². The van der Waals surface area contributed by atoms with Gasteiger partial charge in [0.25, 0.3) is 5.69 Å². The second-order valence-electron chi connectivity index (χ2n) is 5.08. The molecule has 20 heavy (non-hydrogen) atoms. The SMILES string of the molecule is CC(C)(C)OC(=O)CSc1ccc([N+](=O)[O-])cc1CO. The predicted molar refractivity (Wildman–Crippen MR) is 75.6 cm³/mol. The Balaban J connectivity index is 2.73. The highest BCUT2D eigenvalue weighted by Crippen LogP contribution is 2.27. The van der Waals surface area contributed by atoms with Crippen molar-refractivity contribution in [2.45, 2.75) is 37.9 Å². The molecule has 0 atom stereocenters. The van der Waals surface area contributed by atoms with Crippen molar-refractivity contribution in [3.05, 3.63) is 33.9 Å². The van der Waals surface area contributed by atoms with Gasteiger partial charge in [0, 0.05) is 17.0 Å². The summed E-state index contributed by atoms with van der Waals surface area (Å²) in [6, 6.07) is 4.17. The van der Waals surface area contributed by atoms with Gasteiger partial charge in [0.1, 0.15) is 5.60 Å². The molecule has 0 aliphatic heterocycles. The van der Waals surface area contributed by atoms with Crippen molar-refractivity contribution in [2.75, 3.05) is 5.75 Å². The van der Waals surface area contributed by atoms with Crippen molar-refractivity contribution in [1.82, 2.24) is 0 Å². The molecule has 0 aliphatic carbocycles. The summed E-state index contributed by atoms with van der Waals surface area (Å²) in [6.07, 6.45) is 0. The molecule has 0 aliphatic rings. The molecule has 1 aromatic carbocycles. The van der Waals surface area contributed by atoms with Crippen LogP contribution in [0.25, 0.3) is 0 Å². The van der Waals surface area contributed by atoms with Crippen molar-refractivity contribution < 1.29 is 19.6 Å². The highest BCUT2D eigenvalue weighted by Gasteiger charge is 2.17. The summed E-state index contributed by atoms with van der Waals surface area (Å²) in [4.78, 5) is 22.3. The van der Waals surface area contributed by atoms with E-state index in [1.54, 1.807) is 20.8 Å². The first-order valence-corrected chi connectivity index (χ1v) is 6.94. The molecule has 0 saturated heterocycles. The number of aliphatic hydroxyl groups is 1. The first-order chi connectivity index (χ1) is 9.23. The normalized spacial score (nSPS) is 11.2. The van der Waals surface area contributed by atoms with E-state index in [4.69, 9.17) is 4.74 Å². The number of thioether (sulfide) groups is 1. The Hall–Kier alpha value is -1.60. The number of esters is 1. The highest BCUT2D eigenvalue weighted by molar-refractivity contribution is 8.00. The number of non-ortho nitro benzene ring substituents is 1. The van der Waals surface area contributed by atoms with E-state index in [0.717, 1.165) is 0 Å². The monoisotopic (exact) mass is 299 g/mol. The lowest BCUT2D eigenvalue weighted by atomic mass is 10.2. The third-order valence-corrected chi connectivity index (χ3v) is 3.28. The average Bonchev–Trinajstić information content (AvgIpc) is 2.33. The van der Waals surface area contributed by atoms with Crippen LogP contribution in [0.4, 0.5) is 5.69 Å². The highest BCUT2D eigenvalue weighted by atomic mass is 32.2. The van der Waals surface area contributed by atoms with Crippen LogP contribution in [0.1, 0.15) is 26.3 Å². The molecule has 0 fully saturated rings. The molecule has 0 unspecified atom stereocenters. The minimum atomic E-state index is -0.549. The fourth-order valence-electron chi connectivity index (χ4n) is 1.45. The lowest BCUT2D eigenvalue weighted by molar-refractivity contribution is -0.385. The number of nitrogens with zero attached hydrogens (tertiary/aromatic N) is 1. The maximum Gasteiger partial charge on any atom is 0.316 e. The minimum Gasteiger partial charge on any atom is -0.459 e. The van der Waals surface area contributed by atoms with E-state index >= 15 is 0 Å².